The molecule has 2 aromatic rings. The molecule has 2 fully saturated rings. The molecule has 6 nitrogen and oxygen atoms in total. The number of amides is 1. The van der Waals surface area contributed by atoms with Crippen LogP contribution in [0.15, 0.2) is 41.3 Å². The molecule has 4 rings (SSSR count). The van der Waals surface area contributed by atoms with E-state index in [0.717, 1.165) is 31.2 Å². The van der Waals surface area contributed by atoms with Crippen molar-refractivity contribution in [1.29, 1.82) is 0 Å². The molecule has 3 N–H and O–H groups in total. The summed E-state index contributed by atoms with van der Waals surface area (Å²) in [6.07, 6.45) is 4.13. The summed E-state index contributed by atoms with van der Waals surface area (Å²) in [5.41, 5.74) is -0.598. The molecule has 34 heavy (non-hydrogen) atoms. The standard InChI is InChI=1S/C23H25ClF2N2O4S2/c1-34(31,32)27-12-23(30)14-3-4-15(23)10-17(9-14)33-21-8-13(2-6-18(21)24)22(29)28-16-5-7-19(25)20(26)11-16/h2,5-8,11,14-15,17,27,30H,3-4,9-10,12H2,1H3,(H,28,29)/t14-,15?,17?,23?/m0/s1. The number of sulfonamides is 1. The van der Waals surface area contributed by atoms with Gasteiger partial charge in [-0.25, -0.2) is 21.9 Å². The largest absolute Gasteiger partial charge is 0.388 e. The minimum absolute atomic E-state index is 0.0128. The van der Waals surface area contributed by atoms with E-state index in [-0.39, 0.29) is 29.3 Å². The van der Waals surface area contributed by atoms with Crippen molar-refractivity contribution in [3.05, 3.63) is 58.6 Å². The molecule has 0 aromatic heterocycles. The Kier molecular flexibility index (Phi) is 7.26. The molecule has 0 spiro atoms. The van der Waals surface area contributed by atoms with E-state index in [1.54, 1.807) is 18.2 Å². The molecule has 3 unspecified atom stereocenters. The van der Waals surface area contributed by atoms with E-state index < -0.39 is 33.2 Å². The van der Waals surface area contributed by atoms with Crippen molar-refractivity contribution in [1.82, 2.24) is 4.72 Å². The molecule has 2 aliphatic carbocycles. The first-order valence-corrected chi connectivity index (χ1v) is 14.0. The van der Waals surface area contributed by atoms with Gasteiger partial charge in [0.05, 0.1) is 16.9 Å². The molecule has 184 valence electrons. The third-order valence-corrected chi connectivity index (χ3v) is 9.07. The molecule has 2 aromatic carbocycles. The van der Waals surface area contributed by atoms with Gasteiger partial charge in [-0.1, -0.05) is 11.6 Å². The van der Waals surface area contributed by atoms with Gasteiger partial charge in [0.25, 0.3) is 5.91 Å². The van der Waals surface area contributed by atoms with Crippen LogP contribution in [0.3, 0.4) is 0 Å². The van der Waals surface area contributed by atoms with Crippen molar-refractivity contribution < 1.29 is 27.1 Å². The van der Waals surface area contributed by atoms with Gasteiger partial charge in [0.1, 0.15) is 0 Å². The van der Waals surface area contributed by atoms with Crippen molar-refractivity contribution >= 4 is 45.0 Å². The average molecular weight is 531 g/mol. The van der Waals surface area contributed by atoms with Crippen LogP contribution in [0.4, 0.5) is 14.5 Å². The lowest BCUT2D eigenvalue weighted by molar-refractivity contribution is -0.0519. The van der Waals surface area contributed by atoms with Gasteiger partial charge in [0.15, 0.2) is 11.6 Å². The van der Waals surface area contributed by atoms with Gasteiger partial charge in [0, 0.05) is 34.0 Å². The number of rotatable bonds is 7. The monoisotopic (exact) mass is 530 g/mol. The van der Waals surface area contributed by atoms with Crippen LogP contribution in [0.25, 0.3) is 0 Å². The lowest BCUT2D eigenvalue weighted by Gasteiger charge is -2.42. The fourth-order valence-corrected chi connectivity index (χ4v) is 7.07. The van der Waals surface area contributed by atoms with Crippen molar-refractivity contribution in [3.63, 3.8) is 0 Å². The summed E-state index contributed by atoms with van der Waals surface area (Å²) < 4.78 is 52.1. The third-order valence-electron chi connectivity index (χ3n) is 6.65. The summed E-state index contributed by atoms with van der Waals surface area (Å²) in [5.74, 6) is -2.59. The van der Waals surface area contributed by atoms with Crippen molar-refractivity contribution in [2.24, 2.45) is 11.8 Å². The van der Waals surface area contributed by atoms with Gasteiger partial charge >= 0.3 is 0 Å². The van der Waals surface area contributed by atoms with Gasteiger partial charge in [-0.05, 0) is 67.9 Å². The van der Waals surface area contributed by atoms with Crippen LogP contribution >= 0.6 is 23.4 Å². The molecular weight excluding hydrogens is 506 g/mol. The predicted octanol–water partition coefficient (Wildman–Crippen LogP) is 4.43. The van der Waals surface area contributed by atoms with Crippen LogP contribution in [0.5, 0.6) is 0 Å². The van der Waals surface area contributed by atoms with Crippen LogP contribution in [-0.2, 0) is 10.0 Å². The highest BCUT2D eigenvalue weighted by Gasteiger charge is 2.53. The Bertz CT molecular complexity index is 1200. The number of aliphatic hydroxyl groups is 1. The maximum Gasteiger partial charge on any atom is 0.255 e. The number of thioether (sulfide) groups is 1. The molecular formula is C23H25ClF2N2O4S2. The van der Waals surface area contributed by atoms with Crippen LogP contribution in [-0.4, -0.2) is 43.1 Å². The Morgan fingerprint density at radius 1 is 1.15 bits per heavy atom. The van der Waals surface area contributed by atoms with Gasteiger partial charge < -0.3 is 10.4 Å². The molecule has 2 bridgehead atoms. The second-order valence-electron chi connectivity index (χ2n) is 9.00. The molecule has 0 saturated heterocycles. The van der Waals surface area contributed by atoms with Crippen molar-refractivity contribution in [3.8, 4) is 0 Å². The predicted molar refractivity (Wildman–Crippen MR) is 129 cm³/mol. The second-order valence-corrected chi connectivity index (χ2v) is 12.6. The molecule has 11 heteroatoms. The third kappa shape index (κ3) is 5.57. The molecule has 2 saturated carbocycles. The Hall–Kier alpha value is -1.72. The molecule has 0 radical (unpaired) electrons. The summed E-state index contributed by atoms with van der Waals surface area (Å²) in [5, 5.41) is 14.4. The SMILES string of the molecule is CS(=O)(=O)NCC1(O)C2CC[C@H]1CC(Sc1cc(C(=O)Nc3ccc(F)c(F)c3)ccc1Cl)C2. The lowest BCUT2D eigenvalue weighted by Crippen LogP contribution is -2.53. The summed E-state index contributed by atoms with van der Waals surface area (Å²) >= 11 is 7.93. The number of carbonyl (C=O) groups is 1. The van der Waals surface area contributed by atoms with Crippen molar-refractivity contribution in [2.45, 2.75) is 41.4 Å². The second kappa shape index (κ2) is 9.73. The van der Waals surface area contributed by atoms with Crippen LogP contribution < -0.4 is 10.0 Å². The first-order chi connectivity index (χ1) is 15.9. The highest BCUT2D eigenvalue weighted by atomic mass is 35.5. The fourth-order valence-electron chi connectivity index (χ4n) is 4.93. The number of benzene rings is 2. The Labute approximate surface area is 206 Å². The quantitative estimate of drug-likeness (QED) is 0.492. The van der Waals surface area contributed by atoms with Crippen LogP contribution in [0.2, 0.25) is 5.02 Å². The van der Waals surface area contributed by atoms with E-state index in [1.807, 2.05) is 0 Å². The number of nitrogens with one attached hydrogen (secondary N) is 2. The number of hydrogen-bond donors (Lipinski definition) is 3. The number of halogens is 3. The number of carbonyl (C=O) groups excluding carboxylic acids is 1. The van der Waals surface area contributed by atoms with Gasteiger partial charge in [-0.2, -0.15) is 0 Å². The highest BCUT2D eigenvalue weighted by molar-refractivity contribution is 8.00. The first-order valence-electron chi connectivity index (χ1n) is 10.8. The smallest absolute Gasteiger partial charge is 0.255 e. The van der Waals surface area contributed by atoms with Crippen LogP contribution in [0.1, 0.15) is 36.0 Å². The van der Waals surface area contributed by atoms with E-state index in [9.17, 15) is 27.1 Å². The van der Waals surface area contributed by atoms with E-state index in [1.165, 1.54) is 17.8 Å². The van der Waals surface area contributed by atoms with Gasteiger partial charge in [-0.15, -0.1) is 11.8 Å². The Morgan fingerprint density at radius 3 is 2.44 bits per heavy atom. The zero-order chi connectivity index (χ0) is 24.7. The highest BCUT2D eigenvalue weighted by Crippen LogP contribution is 2.53. The van der Waals surface area contributed by atoms with Crippen molar-refractivity contribution in [2.75, 3.05) is 18.1 Å². The minimum atomic E-state index is -3.40. The van der Waals surface area contributed by atoms with E-state index in [4.69, 9.17) is 11.6 Å². The lowest BCUT2D eigenvalue weighted by atomic mass is 9.74. The maximum absolute atomic E-state index is 13.4. The normalized spacial score (nSPS) is 26.4. The zero-order valence-corrected chi connectivity index (χ0v) is 20.7. The Morgan fingerprint density at radius 2 is 1.82 bits per heavy atom. The van der Waals surface area contributed by atoms with E-state index in [2.05, 4.69) is 10.0 Å². The van der Waals surface area contributed by atoms with Gasteiger partial charge in [0.2, 0.25) is 10.0 Å². The van der Waals surface area contributed by atoms with E-state index in [0.29, 0.717) is 28.3 Å². The van der Waals surface area contributed by atoms with Crippen LogP contribution in [0, 0.1) is 23.5 Å². The van der Waals surface area contributed by atoms with E-state index >= 15 is 0 Å². The summed E-state index contributed by atoms with van der Waals surface area (Å²) in [6, 6.07) is 7.97. The number of anilines is 1. The fraction of sp³-hybridized carbons (Fsp3) is 0.435. The number of hydrogen-bond acceptors (Lipinski definition) is 5. The maximum atomic E-state index is 13.4. The minimum Gasteiger partial charge on any atom is -0.388 e. The molecule has 4 atom stereocenters. The van der Waals surface area contributed by atoms with Gasteiger partial charge in [-0.3, -0.25) is 4.79 Å². The topological polar surface area (TPSA) is 95.5 Å². The molecule has 0 aliphatic heterocycles. The number of fused-ring (bicyclic) bond motifs is 2. The summed E-state index contributed by atoms with van der Waals surface area (Å²) in [7, 11) is -3.40. The Balaban J connectivity index is 1.44. The average Bonchev–Trinajstić information content (AvgIpc) is 2.92. The summed E-state index contributed by atoms with van der Waals surface area (Å²) in [4.78, 5) is 13.4. The first kappa shape index (κ1) is 25.4. The zero-order valence-electron chi connectivity index (χ0n) is 18.4. The molecule has 2 aliphatic rings. The molecule has 1 amide bonds. The summed E-state index contributed by atoms with van der Waals surface area (Å²) in [6.45, 7) is 0.0128. The molecule has 0 heterocycles.